The van der Waals surface area contributed by atoms with Gasteiger partial charge >= 0.3 is 5.76 Å². The van der Waals surface area contributed by atoms with E-state index in [4.69, 9.17) is 9.15 Å². The average molecular weight is 449 g/mol. The van der Waals surface area contributed by atoms with Crippen LogP contribution in [0.5, 0.6) is 0 Å². The number of rotatable bonds is 5. The largest absolute Gasteiger partial charge is 0.420 e. The molecule has 9 nitrogen and oxygen atoms in total. The van der Waals surface area contributed by atoms with Gasteiger partial charge in [0.25, 0.3) is 0 Å². The van der Waals surface area contributed by atoms with E-state index >= 15 is 0 Å². The van der Waals surface area contributed by atoms with Crippen molar-refractivity contribution in [1.29, 1.82) is 0 Å². The Morgan fingerprint density at radius 1 is 1.16 bits per heavy atom. The SMILES string of the molecule is CC(C(=O)Nc1ccc(F)c(S(=O)(=O)N2CCOCC2)c1)n1c(=O)oc2ccccc21. The fourth-order valence-corrected chi connectivity index (χ4v) is 4.92. The van der Waals surface area contributed by atoms with Crippen molar-refractivity contribution >= 4 is 32.7 Å². The summed E-state index contributed by atoms with van der Waals surface area (Å²) >= 11 is 0. The molecule has 2 aromatic carbocycles. The molecule has 11 heteroatoms. The van der Waals surface area contributed by atoms with E-state index < -0.39 is 38.4 Å². The van der Waals surface area contributed by atoms with Crippen LogP contribution in [0.1, 0.15) is 13.0 Å². The number of benzene rings is 2. The number of fused-ring (bicyclic) bond motifs is 1. The van der Waals surface area contributed by atoms with Crippen LogP contribution in [0.3, 0.4) is 0 Å². The summed E-state index contributed by atoms with van der Waals surface area (Å²) < 4.78 is 52.6. The summed E-state index contributed by atoms with van der Waals surface area (Å²) in [7, 11) is -4.09. The van der Waals surface area contributed by atoms with Crippen LogP contribution in [0.25, 0.3) is 11.1 Å². The second-order valence-electron chi connectivity index (χ2n) is 7.03. The van der Waals surface area contributed by atoms with Gasteiger partial charge in [-0.05, 0) is 37.3 Å². The standard InChI is InChI=1S/C20H20FN3O6S/c1-13(24-16-4-2-3-5-17(16)30-20(24)26)19(25)22-14-6-7-15(21)18(12-14)31(27,28)23-8-10-29-11-9-23/h2-7,12-13H,8-11H2,1H3,(H,22,25). The number of oxazole rings is 1. The summed E-state index contributed by atoms with van der Waals surface area (Å²) in [5.41, 5.74) is 0.878. The number of para-hydroxylation sites is 2. The maximum atomic E-state index is 14.4. The van der Waals surface area contributed by atoms with Crippen molar-refractivity contribution in [3.05, 3.63) is 58.8 Å². The van der Waals surface area contributed by atoms with Gasteiger partial charge in [-0.1, -0.05) is 12.1 Å². The van der Waals surface area contributed by atoms with Gasteiger partial charge in [0.2, 0.25) is 15.9 Å². The van der Waals surface area contributed by atoms with E-state index in [2.05, 4.69) is 5.32 Å². The predicted molar refractivity (Wildman–Crippen MR) is 110 cm³/mol. The van der Waals surface area contributed by atoms with E-state index in [1.54, 1.807) is 24.3 Å². The molecule has 1 aliphatic rings. The van der Waals surface area contributed by atoms with Crippen molar-refractivity contribution < 1.29 is 26.8 Å². The molecule has 1 N–H and O–H groups in total. The van der Waals surface area contributed by atoms with E-state index in [1.807, 2.05) is 0 Å². The number of halogens is 1. The topological polar surface area (TPSA) is 111 Å². The Balaban J connectivity index is 1.61. The van der Waals surface area contributed by atoms with Crippen molar-refractivity contribution in [2.24, 2.45) is 0 Å². The van der Waals surface area contributed by atoms with Gasteiger partial charge in [0.05, 0.1) is 18.7 Å². The Labute approximate surface area is 177 Å². The Bertz CT molecular complexity index is 1290. The molecule has 2 heterocycles. The number of amides is 1. The Hall–Kier alpha value is -3.02. The first-order valence-electron chi connectivity index (χ1n) is 9.57. The summed E-state index contributed by atoms with van der Waals surface area (Å²) in [4.78, 5) is 24.4. The molecule has 0 radical (unpaired) electrons. The summed E-state index contributed by atoms with van der Waals surface area (Å²) in [6.07, 6.45) is 0. The van der Waals surface area contributed by atoms with Crippen LogP contribution in [-0.4, -0.2) is 49.5 Å². The van der Waals surface area contributed by atoms with Gasteiger partial charge in [-0.2, -0.15) is 4.31 Å². The van der Waals surface area contributed by atoms with Gasteiger partial charge in [0, 0.05) is 18.8 Å². The summed E-state index contributed by atoms with van der Waals surface area (Å²) in [5.74, 6) is -2.21. The first-order valence-corrected chi connectivity index (χ1v) is 11.0. The lowest BCUT2D eigenvalue weighted by Gasteiger charge is -2.26. The number of hydrogen-bond donors (Lipinski definition) is 1. The zero-order chi connectivity index (χ0) is 22.2. The third kappa shape index (κ3) is 3.99. The molecular formula is C20H20FN3O6S. The average Bonchev–Trinajstić information content (AvgIpc) is 3.10. The molecule has 0 bridgehead atoms. The predicted octanol–water partition coefficient (Wildman–Crippen LogP) is 1.95. The molecular weight excluding hydrogens is 429 g/mol. The molecule has 4 rings (SSSR count). The van der Waals surface area contributed by atoms with Crippen LogP contribution in [0.4, 0.5) is 10.1 Å². The van der Waals surface area contributed by atoms with Crippen LogP contribution in [0.2, 0.25) is 0 Å². The highest BCUT2D eigenvalue weighted by Gasteiger charge is 2.30. The molecule has 0 spiro atoms. The van der Waals surface area contributed by atoms with Crippen molar-refractivity contribution in [3.8, 4) is 0 Å². The van der Waals surface area contributed by atoms with Crippen molar-refractivity contribution in [2.75, 3.05) is 31.6 Å². The van der Waals surface area contributed by atoms with Crippen LogP contribution >= 0.6 is 0 Å². The Morgan fingerprint density at radius 3 is 2.61 bits per heavy atom. The molecule has 1 fully saturated rings. The van der Waals surface area contributed by atoms with Gasteiger partial charge in [-0.25, -0.2) is 17.6 Å². The quantitative estimate of drug-likeness (QED) is 0.638. The molecule has 0 aliphatic carbocycles. The fourth-order valence-electron chi connectivity index (χ4n) is 3.42. The van der Waals surface area contributed by atoms with Crippen molar-refractivity contribution in [2.45, 2.75) is 17.9 Å². The molecule has 1 unspecified atom stereocenters. The van der Waals surface area contributed by atoms with E-state index in [-0.39, 0.29) is 32.0 Å². The summed E-state index contributed by atoms with van der Waals surface area (Å²) in [6, 6.07) is 9.02. The van der Waals surface area contributed by atoms with E-state index in [0.717, 1.165) is 16.4 Å². The van der Waals surface area contributed by atoms with Crippen LogP contribution in [-0.2, 0) is 19.6 Å². The number of carbonyl (C=O) groups is 1. The fraction of sp³-hybridized carbons (Fsp3) is 0.300. The maximum Gasteiger partial charge on any atom is 0.420 e. The molecule has 3 aromatic rings. The van der Waals surface area contributed by atoms with Crippen LogP contribution < -0.4 is 11.1 Å². The summed E-state index contributed by atoms with van der Waals surface area (Å²) in [5, 5.41) is 2.55. The second kappa shape index (κ2) is 8.25. The molecule has 31 heavy (non-hydrogen) atoms. The molecule has 1 atom stereocenters. The molecule has 0 saturated carbocycles. The van der Waals surface area contributed by atoms with Gasteiger partial charge in [0.15, 0.2) is 5.58 Å². The van der Waals surface area contributed by atoms with Gasteiger partial charge in [-0.3, -0.25) is 9.36 Å². The highest BCUT2D eigenvalue weighted by atomic mass is 32.2. The second-order valence-corrected chi connectivity index (χ2v) is 8.94. The number of sulfonamides is 1. The van der Waals surface area contributed by atoms with E-state index in [1.165, 1.54) is 17.6 Å². The van der Waals surface area contributed by atoms with Crippen molar-refractivity contribution in [1.82, 2.24) is 8.87 Å². The Kier molecular flexibility index (Phi) is 5.65. The number of nitrogens with zero attached hydrogens (tertiary/aromatic N) is 2. The minimum absolute atomic E-state index is 0.0888. The summed E-state index contributed by atoms with van der Waals surface area (Å²) in [6.45, 7) is 2.19. The third-order valence-corrected chi connectivity index (χ3v) is 6.99. The monoisotopic (exact) mass is 449 g/mol. The first-order chi connectivity index (χ1) is 14.8. The zero-order valence-corrected chi connectivity index (χ0v) is 17.4. The number of carbonyl (C=O) groups excluding carboxylic acids is 1. The number of hydrogen-bond acceptors (Lipinski definition) is 6. The lowest BCUT2D eigenvalue weighted by molar-refractivity contribution is -0.118. The number of ether oxygens (including phenoxy) is 1. The lowest BCUT2D eigenvalue weighted by Crippen LogP contribution is -2.41. The Morgan fingerprint density at radius 2 is 1.87 bits per heavy atom. The van der Waals surface area contributed by atoms with Gasteiger partial charge < -0.3 is 14.5 Å². The van der Waals surface area contributed by atoms with Crippen LogP contribution in [0, 0.1) is 5.82 Å². The molecule has 1 aromatic heterocycles. The minimum atomic E-state index is -4.09. The first kappa shape index (κ1) is 21.2. The van der Waals surface area contributed by atoms with Gasteiger partial charge in [-0.15, -0.1) is 0 Å². The van der Waals surface area contributed by atoms with Crippen LogP contribution in [0.15, 0.2) is 56.6 Å². The minimum Gasteiger partial charge on any atom is -0.408 e. The smallest absolute Gasteiger partial charge is 0.408 e. The normalized spacial score (nSPS) is 16.3. The van der Waals surface area contributed by atoms with E-state index in [0.29, 0.717) is 11.1 Å². The number of aromatic nitrogens is 1. The number of anilines is 1. The number of morpholine rings is 1. The maximum absolute atomic E-state index is 14.4. The van der Waals surface area contributed by atoms with Gasteiger partial charge in [0.1, 0.15) is 16.8 Å². The molecule has 1 saturated heterocycles. The van der Waals surface area contributed by atoms with Crippen molar-refractivity contribution in [3.63, 3.8) is 0 Å². The lowest BCUT2D eigenvalue weighted by atomic mass is 10.2. The third-order valence-electron chi connectivity index (χ3n) is 5.07. The molecule has 164 valence electrons. The molecule has 1 aliphatic heterocycles. The molecule has 1 amide bonds. The zero-order valence-electron chi connectivity index (χ0n) is 16.6. The highest BCUT2D eigenvalue weighted by molar-refractivity contribution is 7.89. The van der Waals surface area contributed by atoms with E-state index in [9.17, 15) is 22.4 Å². The number of nitrogens with one attached hydrogen (secondary N) is 1. The highest BCUT2D eigenvalue weighted by Crippen LogP contribution is 2.25.